The van der Waals surface area contributed by atoms with E-state index in [0.717, 1.165) is 12.2 Å². The molecule has 1 N–H and O–H groups in total. The van der Waals surface area contributed by atoms with Crippen LogP contribution in [0.2, 0.25) is 0 Å². The first kappa shape index (κ1) is 11.8. The number of tetrazole rings is 1. The van der Waals surface area contributed by atoms with Gasteiger partial charge in [0.15, 0.2) is 11.5 Å². The molecule has 2 atom stereocenters. The average Bonchev–Trinajstić information content (AvgIpc) is 2.78. The van der Waals surface area contributed by atoms with Crippen LogP contribution in [0.5, 0.6) is 0 Å². The fraction of sp³-hybridized carbons (Fsp3) is 0.636. The summed E-state index contributed by atoms with van der Waals surface area (Å²) in [5, 5.41) is 14.8. The lowest BCUT2D eigenvalue weighted by molar-refractivity contribution is 0.482. The molecule has 0 amide bonds. The highest BCUT2D eigenvalue weighted by Crippen LogP contribution is 2.14. The van der Waals surface area contributed by atoms with Gasteiger partial charge < -0.3 is 5.32 Å². The Morgan fingerprint density at radius 1 is 1.35 bits per heavy atom. The van der Waals surface area contributed by atoms with Crippen molar-refractivity contribution in [3.05, 3.63) is 12.4 Å². The highest BCUT2D eigenvalue weighted by Gasteiger charge is 2.10. The predicted molar refractivity (Wildman–Crippen MR) is 65.7 cm³/mol. The molecule has 0 aliphatic rings. The second-order valence-electron chi connectivity index (χ2n) is 4.54. The van der Waals surface area contributed by atoms with E-state index in [4.69, 9.17) is 0 Å². The lowest BCUT2D eigenvalue weighted by Crippen LogP contribution is -2.20. The number of anilines is 1. The van der Waals surface area contributed by atoms with Crippen molar-refractivity contribution in [2.75, 3.05) is 5.32 Å². The Bertz CT molecular complexity index is 480. The van der Waals surface area contributed by atoms with Gasteiger partial charge in [0.25, 0.3) is 0 Å². The van der Waals surface area contributed by atoms with Gasteiger partial charge in [-0.1, -0.05) is 20.3 Å². The lowest BCUT2D eigenvalue weighted by atomic mass is 10.0. The van der Waals surface area contributed by atoms with E-state index >= 15 is 0 Å². The van der Waals surface area contributed by atoms with Gasteiger partial charge in [0.1, 0.15) is 0 Å². The van der Waals surface area contributed by atoms with Gasteiger partial charge in [-0.2, -0.15) is 4.52 Å². The molecule has 0 fully saturated rings. The van der Waals surface area contributed by atoms with Gasteiger partial charge >= 0.3 is 0 Å². The van der Waals surface area contributed by atoms with E-state index in [1.807, 2.05) is 0 Å². The molecule has 0 radical (unpaired) electrons. The molecule has 6 nitrogen and oxygen atoms in total. The minimum atomic E-state index is 0.376. The monoisotopic (exact) mass is 234 g/mol. The van der Waals surface area contributed by atoms with Crippen LogP contribution in [-0.4, -0.2) is 31.1 Å². The summed E-state index contributed by atoms with van der Waals surface area (Å²) >= 11 is 0. The van der Waals surface area contributed by atoms with Crippen molar-refractivity contribution in [3.8, 4) is 0 Å². The van der Waals surface area contributed by atoms with Crippen molar-refractivity contribution in [1.82, 2.24) is 25.0 Å². The molecule has 92 valence electrons. The van der Waals surface area contributed by atoms with Crippen molar-refractivity contribution in [2.45, 2.75) is 39.7 Å². The van der Waals surface area contributed by atoms with Gasteiger partial charge in [0.05, 0.1) is 12.4 Å². The van der Waals surface area contributed by atoms with E-state index in [1.165, 1.54) is 6.42 Å². The molecule has 0 spiro atoms. The molecule has 0 aliphatic heterocycles. The predicted octanol–water partition coefficient (Wildman–Crippen LogP) is 1.76. The molecule has 0 saturated heterocycles. The highest BCUT2D eigenvalue weighted by molar-refractivity contribution is 5.44. The van der Waals surface area contributed by atoms with Crippen molar-refractivity contribution in [3.63, 3.8) is 0 Å². The number of aromatic nitrogens is 5. The van der Waals surface area contributed by atoms with Crippen LogP contribution >= 0.6 is 0 Å². The van der Waals surface area contributed by atoms with Gasteiger partial charge in [-0.15, -0.1) is 5.10 Å². The van der Waals surface area contributed by atoms with Gasteiger partial charge in [-0.3, -0.25) is 4.98 Å². The molecule has 0 aromatic carbocycles. The molecule has 17 heavy (non-hydrogen) atoms. The molecule has 0 aliphatic carbocycles. The molecule has 0 saturated carbocycles. The Hall–Kier alpha value is -1.72. The highest BCUT2D eigenvalue weighted by atomic mass is 15.5. The summed E-state index contributed by atoms with van der Waals surface area (Å²) in [4.78, 5) is 4.11. The molecule has 2 unspecified atom stereocenters. The summed E-state index contributed by atoms with van der Waals surface area (Å²) in [6.45, 7) is 6.63. The van der Waals surface area contributed by atoms with E-state index in [2.05, 4.69) is 46.6 Å². The van der Waals surface area contributed by atoms with Gasteiger partial charge in [0, 0.05) is 6.04 Å². The first-order valence-electron chi connectivity index (χ1n) is 5.99. The zero-order valence-corrected chi connectivity index (χ0v) is 10.5. The second-order valence-corrected chi connectivity index (χ2v) is 4.54. The van der Waals surface area contributed by atoms with E-state index < -0.39 is 0 Å². The maximum absolute atomic E-state index is 4.11. The molecule has 2 aromatic rings. The van der Waals surface area contributed by atoms with Crippen LogP contribution in [0.15, 0.2) is 12.4 Å². The van der Waals surface area contributed by atoms with Crippen LogP contribution in [0.25, 0.3) is 5.65 Å². The van der Waals surface area contributed by atoms with Crippen LogP contribution < -0.4 is 5.32 Å². The van der Waals surface area contributed by atoms with Gasteiger partial charge in [0.2, 0.25) is 0 Å². The van der Waals surface area contributed by atoms with E-state index in [9.17, 15) is 0 Å². The summed E-state index contributed by atoms with van der Waals surface area (Å²) in [6.07, 6.45) is 5.70. The summed E-state index contributed by atoms with van der Waals surface area (Å²) < 4.78 is 1.67. The van der Waals surface area contributed by atoms with Crippen molar-refractivity contribution < 1.29 is 0 Å². The third-order valence-corrected chi connectivity index (χ3v) is 2.96. The van der Waals surface area contributed by atoms with E-state index in [0.29, 0.717) is 17.6 Å². The quantitative estimate of drug-likeness (QED) is 0.853. The summed E-state index contributed by atoms with van der Waals surface area (Å²) in [5.74, 6) is 1.54. The smallest absolute Gasteiger partial charge is 0.199 e. The van der Waals surface area contributed by atoms with E-state index in [1.54, 1.807) is 16.9 Å². The van der Waals surface area contributed by atoms with Crippen LogP contribution in [0.3, 0.4) is 0 Å². The molecule has 2 heterocycles. The Morgan fingerprint density at radius 2 is 2.18 bits per heavy atom. The third-order valence-electron chi connectivity index (χ3n) is 2.96. The minimum Gasteiger partial charge on any atom is -0.366 e. The maximum atomic E-state index is 4.11. The number of hydrogen-bond donors (Lipinski definition) is 1. The van der Waals surface area contributed by atoms with Crippen molar-refractivity contribution in [2.24, 2.45) is 5.92 Å². The Balaban J connectivity index is 2.10. The molecule has 2 aromatic heterocycles. The fourth-order valence-electron chi connectivity index (χ4n) is 1.86. The summed E-state index contributed by atoms with van der Waals surface area (Å²) in [6, 6.07) is 0.376. The fourth-order valence-corrected chi connectivity index (χ4v) is 1.86. The first-order chi connectivity index (χ1) is 8.20. The SMILES string of the molecule is CCC(C)CC(C)Nc1cncc2nnnn12. The number of nitrogens with one attached hydrogen (secondary N) is 1. The topological polar surface area (TPSA) is 68.0 Å². The first-order valence-corrected chi connectivity index (χ1v) is 5.99. The summed E-state index contributed by atoms with van der Waals surface area (Å²) in [7, 11) is 0. The van der Waals surface area contributed by atoms with Crippen LogP contribution in [0, 0.1) is 5.92 Å². The molecule has 6 heteroatoms. The standard InChI is InChI=1S/C11H18N6/c1-4-8(2)5-9(3)13-10-6-12-7-11-14-15-16-17(10)11/h6-9,13H,4-5H2,1-3H3. The normalized spacial score (nSPS) is 14.8. The van der Waals surface area contributed by atoms with E-state index in [-0.39, 0.29) is 0 Å². The minimum absolute atomic E-state index is 0.376. The Morgan fingerprint density at radius 3 is 2.94 bits per heavy atom. The van der Waals surface area contributed by atoms with Crippen molar-refractivity contribution in [1.29, 1.82) is 0 Å². The molecule has 2 rings (SSSR count). The number of nitrogens with zero attached hydrogens (tertiary/aromatic N) is 5. The number of hydrogen-bond acceptors (Lipinski definition) is 5. The Labute approximate surface area is 100 Å². The van der Waals surface area contributed by atoms with Gasteiger partial charge in [-0.25, -0.2) is 0 Å². The average molecular weight is 234 g/mol. The Kier molecular flexibility index (Phi) is 3.51. The zero-order chi connectivity index (χ0) is 12.3. The number of rotatable bonds is 5. The van der Waals surface area contributed by atoms with Crippen molar-refractivity contribution >= 4 is 11.5 Å². The molecular formula is C11H18N6. The largest absolute Gasteiger partial charge is 0.366 e. The maximum Gasteiger partial charge on any atom is 0.199 e. The third kappa shape index (κ3) is 2.69. The lowest BCUT2D eigenvalue weighted by Gasteiger charge is -2.18. The number of fused-ring (bicyclic) bond motifs is 1. The second kappa shape index (κ2) is 5.07. The molecule has 0 bridgehead atoms. The van der Waals surface area contributed by atoms with Crippen LogP contribution in [0.4, 0.5) is 5.82 Å². The van der Waals surface area contributed by atoms with Crippen LogP contribution in [-0.2, 0) is 0 Å². The summed E-state index contributed by atoms with van der Waals surface area (Å²) in [5.41, 5.74) is 0.658. The molecular weight excluding hydrogens is 216 g/mol. The zero-order valence-electron chi connectivity index (χ0n) is 10.5. The van der Waals surface area contributed by atoms with Gasteiger partial charge in [-0.05, 0) is 29.7 Å². The van der Waals surface area contributed by atoms with Crippen LogP contribution in [0.1, 0.15) is 33.6 Å².